The second kappa shape index (κ2) is 39.5. The molecule has 0 radical (unpaired) electrons. The Morgan fingerprint density at radius 1 is 0.540 bits per heavy atom. The highest BCUT2D eigenvalue weighted by atomic mass is 16.5. The van der Waals surface area contributed by atoms with Crippen molar-refractivity contribution >= 4 is 17.8 Å². The molecule has 0 aliphatic heterocycles. The van der Waals surface area contributed by atoms with Crippen LogP contribution in [0.1, 0.15) is 281 Å². The minimum atomic E-state index is -1.06. The van der Waals surface area contributed by atoms with Gasteiger partial charge in [0, 0.05) is 32.4 Å². The van der Waals surface area contributed by atoms with Crippen LogP contribution in [-0.4, -0.2) is 60.5 Å². The zero-order chi connectivity index (χ0) is 47.1. The Morgan fingerprint density at radius 3 is 1.29 bits per heavy atom. The molecule has 0 aromatic carbocycles. The van der Waals surface area contributed by atoms with E-state index in [0.29, 0.717) is 25.9 Å². The molecule has 0 aliphatic rings. The van der Waals surface area contributed by atoms with Crippen LogP contribution >= 0.6 is 0 Å². The summed E-state index contributed by atoms with van der Waals surface area (Å²) in [6.45, 7) is 18.9. The van der Waals surface area contributed by atoms with E-state index in [4.69, 9.17) is 19.9 Å². The van der Waals surface area contributed by atoms with E-state index in [1.54, 1.807) is 13.8 Å². The molecule has 0 fully saturated rings. The molecule has 0 aromatic heterocycles. The molecule has 0 heterocycles. The van der Waals surface area contributed by atoms with Crippen LogP contribution in [0.4, 0.5) is 0 Å². The van der Waals surface area contributed by atoms with Crippen molar-refractivity contribution in [2.24, 2.45) is 11.7 Å². The summed E-state index contributed by atoms with van der Waals surface area (Å²) in [5.41, 5.74) is 4.72. The van der Waals surface area contributed by atoms with E-state index in [2.05, 4.69) is 24.5 Å². The number of nitrogens with two attached hydrogens (primary N) is 1. The number of carbonyl (C=O) groups is 3. The molecule has 0 saturated carbocycles. The van der Waals surface area contributed by atoms with Gasteiger partial charge in [0.15, 0.2) is 0 Å². The lowest BCUT2D eigenvalue weighted by Gasteiger charge is -2.37. The van der Waals surface area contributed by atoms with E-state index in [1.807, 2.05) is 34.6 Å². The Kier molecular flexibility index (Phi) is 38.4. The van der Waals surface area contributed by atoms with E-state index < -0.39 is 29.3 Å². The summed E-state index contributed by atoms with van der Waals surface area (Å²) in [5, 5.41) is 6.06. The maximum Gasteiger partial charge on any atom is 0.308 e. The standard InChI is InChI=1S/C54H107N3O6/c1-10-12-14-16-18-20-22-24-26-28-30-32-34-36-38-40-49(58)56-45-48(57-50(59)41-39-37-35-33-31-29-27-25-23-21-19-17-15-13-11-2)46-61-51(60)47(3)44-54(9,55)63-53(7,8)42-43-62-52(4,5)6/h47-48H,10-46,55H2,1-9H3,(H,56,58)(H,57,59). The number of rotatable bonds is 45. The van der Waals surface area contributed by atoms with Crippen molar-refractivity contribution in [3.05, 3.63) is 0 Å². The fourth-order valence-corrected chi connectivity index (χ4v) is 8.43. The number of amides is 2. The summed E-state index contributed by atoms with van der Waals surface area (Å²) in [4.78, 5) is 39.2. The average Bonchev–Trinajstić information content (AvgIpc) is 3.20. The molecule has 0 aromatic rings. The Morgan fingerprint density at radius 2 is 0.905 bits per heavy atom. The number of esters is 1. The van der Waals surface area contributed by atoms with Crippen LogP contribution in [0.3, 0.4) is 0 Å². The number of unbranched alkanes of at least 4 members (excludes halogenated alkanes) is 28. The average molecular weight is 894 g/mol. The van der Waals surface area contributed by atoms with E-state index in [0.717, 1.165) is 38.5 Å². The summed E-state index contributed by atoms with van der Waals surface area (Å²) < 4.78 is 17.9. The topological polar surface area (TPSA) is 129 Å². The molecule has 63 heavy (non-hydrogen) atoms. The minimum Gasteiger partial charge on any atom is -0.463 e. The molecule has 9 heteroatoms. The number of carbonyl (C=O) groups excluding carboxylic acids is 3. The van der Waals surface area contributed by atoms with E-state index in [9.17, 15) is 14.4 Å². The minimum absolute atomic E-state index is 0.0230. The SMILES string of the molecule is CCCCCCCCCCCCCCCCCC(=O)NCC(COC(=O)C(C)CC(C)(N)OC(C)(C)CCOC(C)(C)C)NC(=O)CCCCCCCCCCCCCCCCC. The molecule has 4 N–H and O–H groups in total. The van der Waals surface area contributed by atoms with Crippen molar-refractivity contribution in [1.82, 2.24) is 10.6 Å². The number of ether oxygens (including phenoxy) is 3. The van der Waals surface area contributed by atoms with Gasteiger partial charge < -0.3 is 30.6 Å². The second-order valence-corrected chi connectivity index (χ2v) is 21.1. The number of hydrogen-bond acceptors (Lipinski definition) is 7. The van der Waals surface area contributed by atoms with Crippen molar-refractivity contribution in [2.45, 2.75) is 304 Å². The fraction of sp³-hybridized carbons (Fsp3) is 0.944. The van der Waals surface area contributed by atoms with E-state index in [1.165, 1.54) is 154 Å². The molecule has 374 valence electrons. The van der Waals surface area contributed by atoms with Gasteiger partial charge in [-0.1, -0.05) is 201 Å². The van der Waals surface area contributed by atoms with Crippen LogP contribution < -0.4 is 16.4 Å². The quantitative estimate of drug-likeness (QED) is 0.0315. The lowest BCUT2D eigenvalue weighted by Crippen LogP contribution is -2.49. The van der Waals surface area contributed by atoms with Gasteiger partial charge in [0.2, 0.25) is 11.8 Å². The van der Waals surface area contributed by atoms with Gasteiger partial charge in [-0.3, -0.25) is 14.4 Å². The van der Waals surface area contributed by atoms with Crippen LogP contribution in [0.25, 0.3) is 0 Å². The lowest BCUT2D eigenvalue weighted by molar-refractivity contribution is -0.165. The zero-order valence-electron chi connectivity index (χ0n) is 43.3. The van der Waals surface area contributed by atoms with Gasteiger partial charge in [0.1, 0.15) is 12.3 Å². The molecule has 0 bridgehead atoms. The van der Waals surface area contributed by atoms with Crippen LogP contribution in [0.2, 0.25) is 0 Å². The van der Waals surface area contributed by atoms with Gasteiger partial charge in [-0.05, 0) is 60.8 Å². The molecule has 0 rings (SSSR count). The lowest BCUT2D eigenvalue weighted by atomic mass is 9.98. The fourth-order valence-electron chi connectivity index (χ4n) is 8.43. The zero-order valence-corrected chi connectivity index (χ0v) is 43.3. The van der Waals surface area contributed by atoms with Crippen molar-refractivity contribution in [3.63, 3.8) is 0 Å². The van der Waals surface area contributed by atoms with Crippen LogP contribution in [0, 0.1) is 5.92 Å². The third kappa shape index (κ3) is 42.7. The molecule has 2 amide bonds. The van der Waals surface area contributed by atoms with Crippen molar-refractivity contribution in [3.8, 4) is 0 Å². The summed E-state index contributed by atoms with van der Waals surface area (Å²) in [5.74, 6) is -1.04. The van der Waals surface area contributed by atoms with Gasteiger partial charge in [0.25, 0.3) is 0 Å². The normalized spacial score (nSPS) is 14.0. The second-order valence-electron chi connectivity index (χ2n) is 21.1. The monoisotopic (exact) mass is 894 g/mol. The summed E-state index contributed by atoms with van der Waals surface area (Å²) in [6, 6.07) is -0.516. The van der Waals surface area contributed by atoms with Gasteiger partial charge >= 0.3 is 5.97 Å². The molecule has 3 unspecified atom stereocenters. The van der Waals surface area contributed by atoms with Crippen LogP contribution in [-0.2, 0) is 28.6 Å². The number of nitrogens with one attached hydrogen (secondary N) is 2. The smallest absolute Gasteiger partial charge is 0.308 e. The highest BCUT2D eigenvalue weighted by molar-refractivity contribution is 5.77. The Bertz CT molecular complexity index is 1090. The first kappa shape index (κ1) is 61.3. The largest absolute Gasteiger partial charge is 0.463 e. The molecule has 0 saturated heterocycles. The van der Waals surface area contributed by atoms with Crippen molar-refractivity contribution < 1.29 is 28.6 Å². The Balaban J connectivity index is 4.74. The maximum atomic E-state index is 13.2. The third-order valence-electron chi connectivity index (χ3n) is 12.2. The molecular weight excluding hydrogens is 787 g/mol. The first-order valence-corrected chi connectivity index (χ1v) is 26.9. The van der Waals surface area contributed by atoms with Crippen molar-refractivity contribution in [1.29, 1.82) is 0 Å². The molecule has 0 aliphatic carbocycles. The third-order valence-corrected chi connectivity index (χ3v) is 12.2. The molecular formula is C54H107N3O6. The maximum absolute atomic E-state index is 13.2. The summed E-state index contributed by atoms with van der Waals surface area (Å²) in [6.07, 6.45) is 40.2. The van der Waals surface area contributed by atoms with Gasteiger partial charge in [0.05, 0.1) is 23.2 Å². The first-order valence-electron chi connectivity index (χ1n) is 26.9. The van der Waals surface area contributed by atoms with Crippen LogP contribution in [0.5, 0.6) is 0 Å². The van der Waals surface area contributed by atoms with Gasteiger partial charge in [-0.15, -0.1) is 0 Å². The Labute approximate surface area is 390 Å². The first-order chi connectivity index (χ1) is 30.0. The molecule has 9 nitrogen and oxygen atoms in total. The highest BCUT2D eigenvalue weighted by Crippen LogP contribution is 2.27. The van der Waals surface area contributed by atoms with E-state index >= 15 is 0 Å². The summed E-state index contributed by atoms with van der Waals surface area (Å²) in [7, 11) is 0. The molecule has 3 atom stereocenters. The number of hydrogen-bond donors (Lipinski definition) is 3. The van der Waals surface area contributed by atoms with Crippen LogP contribution in [0.15, 0.2) is 0 Å². The predicted molar refractivity (Wildman–Crippen MR) is 267 cm³/mol. The van der Waals surface area contributed by atoms with Gasteiger partial charge in [-0.25, -0.2) is 0 Å². The predicted octanol–water partition coefficient (Wildman–Crippen LogP) is 14.4. The summed E-state index contributed by atoms with van der Waals surface area (Å²) >= 11 is 0. The molecule has 0 spiro atoms. The van der Waals surface area contributed by atoms with Gasteiger partial charge in [-0.2, -0.15) is 0 Å². The van der Waals surface area contributed by atoms with Crippen molar-refractivity contribution in [2.75, 3.05) is 19.8 Å². The van der Waals surface area contributed by atoms with E-state index in [-0.39, 0.29) is 37.0 Å². The highest BCUT2D eigenvalue weighted by Gasteiger charge is 2.34. The Hall–Kier alpha value is -1.71.